The van der Waals surface area contributed by atoms with Crippen molar-refractivity contribution in [3.63, 3.8) is 0 Å². The summed E-state index contributed by atoms with van der Waals surface area (Å²) < 4.78 is 5.29. The molecule has 0 bridgehead atoms. The van der Waals surface area contributed by atoms with Crippen molar-refractivity contribution in [1.29, 1.82) is 0 Å². The summed E-state index contributed by atoms with van der Waals surface area (Å²) >= 11 is 0. The molecule has 0 atom stereocenters. The number of nitrogens with zero attached hydrogens (tertiary/aromatic N) is 1. The lowest BCUT2D eigenvalue weighted by atomic mass is 9.89. The van der Waals surface area contributed by atoms with Crippen molar-refractivity contribution in [3.8, 4) is 0 Å². The predicted molar refractivity (Wildman–Crippen MR) is 113 cm³/mol. The molecule has 7 nitrogen and oxygen atoms in total. The van der Waals surface area contributed by atoms with E-state index in [1.54, 1.807) is 24.3 Å². The van der Waals surface area contributed by atoms with E-state index in [0.29, 0.717) is 24.4 Å². The Labute approximate surface area is 185 Å². The van der Waals surface area contributed by atoms with Crippen molar-refractivity contribution < 1.29 is 31.5 Å². The van der Waals surface area contributed by atoms with Gasteiger partial charge in [0.1, 0.15) is 6.61 Å². The fourth-order valence-electron chi connectivity index (χ4n) is 3.46. The Balaban J connectivity index is 0.00000450. The van der Waals surface area contributed by atoms with Crippen LogP contribution in [0.3, 0.4) is 0 Å². The van der Waals surface area contributed by atoms with E-state index in [1.165, 1.54) is 6.42 Å². The molecule has 0 radical (unpaired) electrons. The van der Waals surface area contributed by atoms with Crippen molar-refractivity contribution in [3.05, 3.63) is 29.8 Å². The molecule has 8 heteroatoms. The third-order valence-corrected chi connectivity index (χ3v) is 5.34. The van der Waals surface area contributed by atoms with Crippen LogP contribution in [0.1, 0.15) is 56.3 Å². The molecule has 1 aromatic rings. The molecule has 0 heterocycles. The van der Waals surface area contributed by atoms with Crippen molar-refractivity contribution in [2.75, 3.05) is 38.1 Å². The molecule has 0 unspecified atom stereocenters. The molecular weight excluding hydrogens is 406 g/mol. The fraction of sp³-hybridized carbons (Fsp3) is 0.591. The molecule has 2 amide bonds. The summed E-state index contributed by atoms with van der Waals surface area (Å²) in [6.07, 6.45) is 5.15. The first-order valence-electron chi connectivity index (χ1n) is 10.6. The molecule has 0 aliphatic heterocycles. The molecule has 0 saturated heterocycles. The Morgan fingerprint density at radius 3 is 2.27 bits per heavy atom. The number of esters is 1. The highest BCUT2D eigenvalue weighted by Crippen LogP contribution is 2.23. The number of anilines is 1. The van der Waals surface area contributed by atoms with E-state index in [4.69, 9.17) is 4.74 Å². The molecule has 0 spiro atoms. The minimum absolute atomic E-state index is 0. The number of ether oxygens (including phenoxy) is 1. The number of rotatable bonds is 10. The SMILES string of the molecule is CCN(CC)CCOC(=O)c1ccc(NC(=O)CNC(=O)C2CCCCC2)cc1.[Cl-]. The Kier molecular flexibility index (Phi) is 12.1. The molecule has 1 fully saturated rings. The lowest BCUT2D eigenvalue weighted by Gasteiger charge is -2.20. The van der Waals surface area contributed by atoms with Crippen LogP contribution in [-0.4, -0.2) is 55.5 Å². The van der Waals surface area contributed by atoms with Crippen LogP contribution in [0.4, 0.5) is 5.69 Å². The summed E-state index contributed by atoms with van der Waals surface area (Å²) in [7, 11) is 0. The van der Waals surface area contributed by atoms with Crippen LogP contribution in [0.5, 0.6) is 0 Å². The van der Waals surface area contributed by atoms with Crippen LogP contribution < -0.4 is 23.0 Å². The monoisotopic (exact) mass is 438 g/mol. The molecule has 1 aromatic carbocycles. The highest BCUT2D eigenvalue weighted by Gasteiger charge is 2.21. The first-order chi connectivity index (χ1) is 14.0. The second-order valence-corrected chi connectivity index (χ2v) is 7.34. The summed E-state index contributed by atoms with van der Waals surface area (Å²) in [5, 5.41) is 5.44. The zero-order valence-electron chi connectivity index (χ0n) is 17.9. The number of hydrogen-bond donors (Lipinski definition) is 2. The van der Waals surface area contributed by atoms with E-state index in [1.807, 2.05) is 0 Å². The maximum absolute atomic E-state index is 12.1. The Hall–Kier alpha value is -2.12. The third-order valence-electron chi connectivity index (χ3n) is 5.34. The Morgan fingerprint density at radius 1 is 1.03 bits per heavy atom. The Bertz CT molecular complexity index is 671. The fourth-order valence-corrected chi connectivity index (χ4v) is 3.46. The highest BCUT2D eigenvalue weighted by molar-refractivity contribution is 5.95. The van der Waals surface area contributed by atoms with Gasteiger partial charge in [0.25, 0.3) is 0 Å². The average molecular weight is 439 g/mol. The molecule has 168 valence electrons. The number of likely N-dealkylation sites (N-methyl/N-ethyl adjacent to an activating group) is 1. The number of amides is 2. The summed E-state index contributed by atoms with van der Waals surface area (Å²) in [5.74, 6) is -0.676. The third kappa shape index (κ3) is 8.71. The zero-order chi connectivity index (χ0) is 21.1. The van der Waals surface area contributed by atoms with Crippen LogP contribution in [0.25, 0.3) is 0 Å². The van der Waals surface area contributed by atoms with Crippen molar-refractivity contribution in [2.24, 2.45) is 5.92 Å². The first kappa shape index (κ1) is 25.9. The van der Waals surface area contributed by atoms with E-state index >= 15 is 0 Å². The molecule has 1 saturated carbocycles. The van der Waals surface area contributed by atoms with E-state index in [9.17, 15) is 14.4 Å². The van der Waals surface area contributed by atoms with Gasteiger partial charge >= 0.3 is 5.97 Å². The number of carbonyl (C=O) groups is 3. The maximum Gasteiger partial charge on any atom is 0.338 e. The molecule has 1 aliphatic carbocycles. The van der Waals surface area contributed by atoms with Gasteiger partial charge in [0, 0.05) is 18.2 Å². The lowest BCUT2D eigenvalue weighted by molar-refractivity contribution is -0.128. The highest BCUT2D eigenvalue weighted by atomic mass is 35.5. The van der Waals surface area contributed by atoms with E-state index in [-0.39, 0.29) is 42.7 Å². The smallest absolute Gasteiger partial charge is 0.338 e. The van der Waals surface area contributed by atoms with Crippen LogP contribution in [0.15, 0.2) is 24.3 Å². The molecule has 30 heavy (non-hydrogen) atoms. The van der Waals surface area contributed by atoms with Gasteiger partial charge in [0.05, 0.1) is 12.1 Å². The van der Waals surface area contributed by atoms with Gasteiger partial charge in [-0.05, 0) is 50.2 Å². The summed E-state index contributed by atoms with van der Waals surface area (Å²) in [5.41, 5.74) is 1.01. The summed E-state index contributed by atoms with van der Waals surface area (Å²) in [6.45, 7) is 6.98. The van der Waals surface area contributed by atoms with Crippen molar-refractivity contribution >= 4 is 23.5 Å². The van der Waals surface area contributed by atoms with Crippen LogP contribution in [0.2, 0.25) is 0 Å². The first-order valence-corrected chi connectivity index (χ1v) is 10.6. The molecule has 2 N–H and O–H groups in total. The Morgan fingerprint density at radius 2 is 1.67 bits per heavy atom. The van der Waals surface area contributed by atoms with Gasteiger partial charge in [0.15, 0.2) is 0 Å². The topological polar surface area (TPSA) is 87.7 Å². The quantitative estimate of drug-likeness (QED) is 0.495. The lowest BCUT2D eigenvalue weighted by Crippen LogP contribution is -3.00. The molecule has 1 aliphatic rings. The standard InChI is InChI=1S/C22H33N3O4.ClH/c1-3-25(4-2)14-15-29-22(28)18-10-12-19(13-11-18)24-20(26)16-23-21(27)17-8-6-5-7-9-17;/h10-13,17H,3-9,14-16H2,1-2H3,(H,23,27)(H,24,26);1H/p-1. The van der Waals surface area contributed by atoms with Gasteiger partial charge in [-0.25, -0.2) is 4.79 Å². The van der Waals surface area contributed by atoms with Gasteiger partial charge in [-0.1, -0.05) is 33.1 Å². The van der Waals surface area contributed by atoms with Gasteiger partial charge in [-0.3, -0.25) is 9.59 Å². The number of halogens is 1. The largest absolute Gasteiger partial charge is 1.00 e. The van der Waals surface area contributed by atoms with Crippen molar-refractivity contribution in [2.45, 2.75) is 46.0 Å². The number of hydrogen-bond acceptors (Lipinski definition) is 5. The summed E-state index contributed by atoms with van der Waals surface area (Å²) in [6, 6.07) is 6.55. The number of carbonyl (C=O) groups excluding carboxylic acids is 3. The average Bonchev–Trinajstić information content (AvgIpc) is 2.76. The normalized spacial score (nSPS) is 14.0. The van der Waals surface area contributed by atoms with Gasteiger partial charge in [-0.15, -0.1) is 0 Å². The second-order valence-electron chi connectivity index (χ2n) is 7.34. The number of nitrogens with one attached hydrogen (secondary N) is 2. The second kappa shape index (κ2) is 14.0. The van der Waals surface area contributed by atoms with E-state index < -0.39 is 0 Å². The van der Waals surface area contributed by atoms with Crippen LogP contribution in [-0.2, 0) is 14.3 Å². The van der Waals surface area contributed by atoms with Crippen LogP contribution >= 0.6 is 0 Å². The maximum atomic E-state index is 12.1. The van der Waals surface area contributed by atoms with Gasteiger partial charge < -0.3 is 32.7 Å². The van der Waals surface area contributed by atoms with Crippen LogP contribution in [0, 0.1) is 5.92 Å². The van der Waals surface area contributed by atoms with E-state index in [2.05, 4.69) is 29.4 Å². The van der Waals surface area contributed by atoms with Crippen molar-refractivity contribution in [1.82, 2.24) is 10.2 Å². The zero-order valence-corrected chi connectivity index (χ0v) is 18.7. The minimum Gasteiger partial charge on any atom is -1.00 e. The van der Waals surface area contributed by atoms with Gasteiger partial charge in [0.2, 0.25) is 11.8 Å². The van der Waals surface area contributed by atoms with Gasteiger partial charge in [-0.2, -0.15) is 0 Å². The van der Waals surface area contributed by atoms with E-state index in [0.717, 1.165) is 38.8 Å². The number of benzene rings is 1. The molecular formula is C22H33ClN3O4-. The summed E-state index contributed by atoms with van der Waals surface area (Å²) in [4.78, 5) is 38.4. The molecule has 0 aromatic heterocycles. The minimum atomic E-state index is -0.380. The molecule has 2 rings (SSSR count). The predicted octanol–water partition coefficient (Wildman–Crippen LogP) is -0.176.